The quantitative estimate of drug-likeness (QED) is 0.780. The number of aromatic nitrogens is 2. The summed E-state index contributed by atoms with van der Waals surface area (Å²) in [5.41, 5.74) is 3.21. The molecule has 0 aliphatic carbocycles. The summed E-state index contributed by atoms with van der Waals surface area (Å²) in [6.45, 7) is 0.655. The smallest absolute Gasteiger partial charge is 0.147 e. The summed E-state index contributed by atoms with van der Waals surface area (Å²) in [7, 11) is 1.84. The number of imidazole rings is 1. The second kappa shape index (κ2) is 4.82. The summed E-state index contributed by atoms with van der Waals surface area (Å²) in [6.07, 6.45) is 1.65. The molecule has 0 spiro atoms. The van der Waals surface area contributed by atoms with E-state index >= 15 is 0 Å². The molecule has 3 nitrogen and oxygen atoms in total. The number of fused-ring (bicyclic) bond motifs is 1. The summed E-state index contributed by atoms with van der Waals surface area (Å²) in [5, 5.41) is 3.01. The predicted octanol–water partition coefficient (Wildman–Crippen LogP) is 2.88. The summed E-state index contributed by atoms with van der Waals surface area (Å²) < 4.78 is 16.0. The normalized spacial score (nSPS) is 11.1. The van der Waals surface area contributed by atoms with E-state index in [1.807, 2.05) is 37.4 Å². The van der Waals surface area contributed by atoms with Crippen LogP contribution in [0.2, 0.25) is 0 Å². The van der Waals surface area contributed by atoms with Gasteiger partial charge in [-0.2, -0.15) is 0 Å². The van der Waals surface area contributed by atoms with Crippen molar-refractivity contribution in [3.05, 3.63) is 60.2 Å². The van der Waals surface area contributed by atoms with Crippen molar-refractivity contribution in [1.82, 2.24) is 14.9 Å². The number of hydrogen-bond donors (Lipinski definition) is 1. The second-order valence-electron chi connectivity index (χ2n) is 4.42. The number of hydrogen-bond acceptors (Lipinski definition) is 2. The highest BCUT2D eigenvalue weighted by molar-refractivity contribution is 5.77. The Morgan fingerprint density at radius 2 is 2.05 bits per heavy atom. The van der Waals surface area contributed by atoms with Gasteiger partial charge in [-0.1, -0.05) is 18.2 Å². The molecule has 0 bridgehead atoms. The molecule has 0 aliphatic rings. The lowest BCUT2D eigenvalue weighted by Gasteiger charge is -2.08. The van der Waals surface area contributed by atoms with E-state index in [1.54, 1.807) is 23.0 Å². The molecule has 0 unspecified atom stereocenters. The zero-order valence-corrected chi connectivity index (χ0v) is 10.6. The van der Waals surface area contributed by atoms with Crippen molar-refractivity contribution < 1.29 is 4.39 Å². The van der Waals surface area contributed by atoms with Gasteiger partial charge in [-0.05, 0) is 36.9 Å². The van der Waals surface area contributed by atoms with Crippen molar-refractivity contribution >= 4 is 11.0 Å². The molecule has 0 aliphatic heterocycles. The number of halogens is 1. The molecule has 0 saturated carbocycles. The van der Waals surface area contributed by atoms with Crippen LogP contribution >= 0.6 is 0 Å². The average molecular weight is 255 g/mol. The van der Waals surface area contributed by atoms with Crippen LogP contribution in [0.1, 0.15) is 5.56 Å². The van der Waals surface area contributed by atoms with Gasteiger partial charge in [-0.15, -0.1) is 0 Å². The monoisotopic (exact) mass is 255 g/mol. The molecule has 0 atom stereocenters. The van der Waals surface area contributed by atoms with Gasteiger partial charge in [0.1, 0.15) is 12.1 Å². The standard InChI is InChI=1S/C15H14FN3/c1-17-9-11-6-7-14(12(16)8-11)19-10-18-13-4-2-3-5-15(13)19/h2-8,10,17H,9H2,1H3. The summed E-state index contributed by atoms with van der Waals surface area (Å²) in [4.78, 5) is 4.28. The van der Waals surface area contributed by atoms with Crippen molar-refractivity contribution in [2.45, 2.75) is 6.54 Å². The highest BCUT2D eigenvalue weighted by Gasteiger charge is 2.09. The van der Waals surface area contributed by atoms with Crippen molar-refractivity contribution in [1.29, 1.82) is 0 Å². The molecular weight excluding hydrogens is 241 g/mol. The molecule has 3 aromatic rings. The van der Waals surface area contributed by atoms with Crippen LogP contribution in [0.25, 0.3) is 16.7 Å². The molecule has 0 amide bonds. The van der Waals surface area contributed by atoms with E-state index in [4.69, 9.17) is 0 Å². The lowest BCUT2D eigenvalue weighted by Crippen LogP contribution is -2.06. The number of rotatable bonds is 3. The molecule has 96 valence electrons. The van der Waals surface area contributed by atoms with Gasteiger partial charge < -0.3 is 5.32 Å². The average Bonchev–Trinajstić information content (AvgIpc) is 2.83. The van der Waals surface area contributed by atoms with Crippen LogP contribution in [0, 0.1) is 5.82 Å². The van der Waals surface area contributed by atoms with Gasteiger partial charge in [-0.25, -0.2) is 9.37 Å². The van der Waals surface area contributed by atoms with Crippen LogP contribution in [0.4, 0.5) is 4.39 Å². The van der Waals surface area contributed by atoms with Crippen molar-refractivity contribution in [2.75, 3.05) is 7.05 Å². The lowest BCUT2D eigenvalue weighted by atomic mass is 10.2. The van der Waals surface area contributed by atoms with Crippen LogP contribution in [-0.4, -0.2) is 16.6 Å². The Morgan fingerprint density at radius 1 is 1.21 bits per heavy atom. The molecule has 4 heteroatoms. The second-order valence-corrected chi connectivity index (χ2v) is 4.42. The van der Waals surface area contributed by atoms with Crippen LogP contribution in [0.15, 0.2) is 48.8 Å². The molecular formula is C15H14FN3. The van der Waals surface area contributed by atoms with Crippen molar-refractivity contribution in [3.63, 3.8) is 0 Å². The molecule has 1 aromatic heterocycles. The van der Waals surface area contributed by atoms with E-state index in [0.29, 0.717) is 12.2 Å². The Kier molecular flexibility index (Phi) is 3.01. The van der Waals surface area contributed by atoms with Crippen LogP contribution in [0.5, 0.6) is 0 Å². The number of para-hydroxylation sites is 2. The van der Waals surface area contributed by atoms with E-state index in [-0.39, 0.29) is 5.82 Å². The van der Waals surface area contributed by atoms with Crippen LogP contribution < -0.4 is 5.32 Å². The Morgan fingerprint density at radius 3 is 2.84 bits per heavy atom. The first kappa shape index (κ1) is 11.9. The van der Waals surface area contributed by atoms with Gasteiger partial charge in [0.25, 0.3) is 0 Å². The van der Waals surface area contributed by atoms with Crippen LogP contribution in [0.3, 0.4) is 0 Å². The fourth-order valence-corrected chi connectivity index (χ4v) is 2.21. The van der Waals surface area contributed by atoms with Gasteiger partial charge in [-0.3, -0.25) is 4.57 Å². The Hall–Kier alpha value is -2.20. The molecule has 1 heterocycles. The molecule has 3 rings (SSSR count). The van der Waals surface area contributed by atoms with Gasteiger partial charge >= 0.3 is 0 Å². The fraction of sp³-hybridized carbons (Fsp3) is 0.133. The van der Waals surface area contributed by atoms with Gasteiger partial charge in [0.2, 0.25) is 0 Å². The summed E-state index contributed by atoms with van der Waals surface area (Å²) in [6, 6.07) is 13.0. The number of nitrogens with zero attached hydrogens (tertiary/aromatic N) is 2. The molecule has 1 N–H and O–H groups in total. The van der Waals surface area contributed by atoms with Crippen LogP contribution in [-0.2, 0) is 6.54 Å². The molecule has 2 aromatic carbocycles. The van der Waals surface area contributed by atoms with E-state index in [9.17, 15) is 4.39 Å². The highest BCUT2D eigenvalue weighted by atomic mass is 19.1. The Labute approximate surface area is 110 Å². The third kappa shape index (κ3) is 2.11. The first-order valence-electron chi connectivity index (χ1n) is 6.15. The highest BCUT2D eigenvalue weighted by Crippen LogP contribution is 2.21. The van der Waals surface area contributed by atoms with E-state index < -0.39 is 0 Å². The predicted molar refractivity (Wildman–Crippen MR) is 73.8 cm³/mol. The van der Waals surface area contributed by atoms with Crippen molar-refractivity contribution in [3.8, 4) is 5.69 Å². The largest absolute Gasteiger partial charge is 0.316 e. The fourth-order valence-electron chi connectivity index (χ4n) is 2.21. The third-order valence-electron chi connectivity index (χ3n) is 3.11. The zero-order chi connectivity index (χ0) is 13.2. The molecule has 0 radical (unpaired) electrons. The molecule has 19 heavy (non-hydrogen) atoms. The topological polar surface area (TPSA) is 29.9 Å². The SMILES string of the molecule is CNCc1ccc(-n2cnc3ccccc32)c(F)c1. The van der Waals surface area contributed by atoms with E-state index in [0.717, 1.165) is 16.6 Å². The minimum absolute atomic E-state index is 0.240. The number of benzene rings is 2. The molecule has 0 fully saturated rings. The van der Waals surface area contributed by atoms with Crippen molar-refractivity contribution in [2.24, 2.45) is 0 Å². The van der Waals surface area contributed by atoms with Gasteiger partial charge in [0.05, 0.1) is 16.7 Å². The summed E-state index contributed by atoms with van der Waals surface area (Å²) >= 11 is 0. The number of nitrogens with one attached hydrogen (secondary N) is 1. The van der Waals surface area contributed by atoms with E-state index in [2.05, 4.69) is 10.3 Å². The first-order valence-corrected chi connectivity index (χ1v) is 6.15. The summed E-state index contributed by atoms with van der Waals surface area (Å²) in [5.74, 6) is -0.240. The maximum absolute atomic E-state index is 14.2. The lowest BCUT2D eigenvalue weighted by molar-refractivity contribution is 0.615. The third-order valence-corrected chi connectivity index (χ3v) is 3.11. The maximum atomic E-state index is 14.2. The first-order chi connectivity index (χ1) is 9.29. The van der Waals surface area contributed by atoms with Gasteiger partial charge in [0.15, 0.2) is 0 Å². The Bertz CT molecular complexity index is 718. The molecule has 0 saturated heterocycles. The van der Waals surface area contributed by atoms with E-state index in [1.165, 1.54) is 0 Å². The minimum Gasteiger partial charge on any atom is -0.316 e. The maximum Gasteiger partial charge on any atom is 0.147 e. The Balaban J connectivity index is 2.11. The minimum atomic E-state index is -0.240. The van der Waals surface area contributed by atoms with Gasteiger partial charge in [0, 0.05) is 6.54 Å². The zero-order valence-electron chi connectivity index (χ0n) is 10.6.